The number of rotatable bonds is 4. The summed E-state index contributed by atoms with van der Waals surface area (Å²) < 4.78 is 32.4. The van der Waals surface area contributed by atoms with Gasteiger partial charge in [0.05, 0.1) is 27.2 Å². The first-order chi connectivity index (χ1) is 15.7. The van der Waals surface area contributed by atoms with Crippen LogP contribution < -0.4 is 10.1 Å². The second kappa shape index (κ2) is 7.84. The minimum atomic E-state index is -2.82. The maximum absolute atomic E-state index is 13.3. The Kier molecular flexibility index (Phi) is 5.08. The Morgan fingerprint density at radius 1 is 1.15 bits per heavy atom. The number of hydrogen-bond acceptors (Lipinski definition) is 7. The predicted octanol–water partition coefficient (Wildman–Crippen LogP) is 4.88. The molecule has 4 heterocycles. The molecule has 1 saturated carbocycles. The largest absolute Gasteiger partial charge is 0.456 e. The van der Waals surface area contributed by atoms with Gasteiger partial charge in [0.1, 0.15) is 17.3 Å². The molecule has 3 amide bonds. The number of likely N-dealkylation sites (tertiary alicyclic amines) is 1. The number of aromatic nitrogens is 3. The fourth-order valence-electron chi connectivity index (χ4n) is 4.20. The summed E-state index contributed by atoms with van der Waals surface area (Å²) in [5.41, 5.74) is -0.361. The third-order valence-corrected chi connectivity index (χ3v) is 6.70. The van der Waals surface area contributed by atoms with Crippen LogP contribution in [0.1, 0.15) is 24.3 Å². The van der Waals surface area contributed by atoms with Crippen molar-refractivity contribution in [2.75, 3.05) is 11.9 Å². The molecule has 11 heteroatoms. The zero-order valence-electron chi connectivity index (χ0n) is 17.5. The molecule has 1 aliphatic heterocycles. The molecular weight excluding hydrogens is 452 g/mol. The normalized spacial score (nSPS) is 18.3. The van der Waals surface area contributed by atoms with Gasteiger partial charge < -0.3 is 4.74 Å². The first kappa shape index (κ1) is 21.4. The lowest BCUT2D eigenvalue weighted by Crippen LogP contribution is -2.52. The number of imide groups is 1. The summed E-state index contributed by atoms with van der Waals surface area (Å²) in [6.45, 7) is 2.04. The molecule has 1 aliphatic carbocycles. The molecule has 0 bridgehead atoms. The first-order valence-corrected chi connectivity index (χ1v) is 11.1. The summed E-state index contributed by atoms with van der Waals surface area (Å²) in [7, 11) is 0. The zero-order valence-corrected chi connectivity index (χ0v) is 18.4. The Morgan fingerprint density at radius 3 is 2.64 bits per heavy atom. The van der Waals surface area contributed by atoms with Crippen molar-refractivity contribution >= 4 is 29.1 Å². The maximum atomic E-state index is 13.3. The van der Waals surface area contributed by atoms with E-state index in [9.17, 15) is 18.4 Å². The third-order valence-electron chi connectivity index (χ3n) is 5.76. The van der Waals surface area contributed by atoms with Crippen LogP contribution in [0, 0.1) is 12.3 Å². The molecule has 170 valence electrons. The standard InChI is InChI=1S/C22H19F2N5O3S/c1-13-26-10-17(33-13)16-8-14(4-6-25-16)32-15-2-3-18(27-9-15)28-20(31)29-7-5-21(19(29)30)11-22(23,24)12-21/h2-4,6,8-10H,5,7,11-12H2,1H3,(H,27,28,31). The SMILES string of the molecule is Cc1ncc(-c2cc(Oc3ccc(NC(=O)N4CCC5(CC(F)(F)C5)C4=O)nc3)ccn2)s1. The van der Waals surface area contributed by atoms with Crippen molar-refractivity contribution in [3.05, 3.63) is 47.9 Å². The Labute approximate surface area is 191 Å². The van der Waals surface area contributed by atoms with Crippen LogP contribution in [0.3, 0.4) is 0 Å². The summed E-state index contributed by atoms with van der Waals surface area (Å²) in [6, 6.07) is 5.99. The monoisotopic (exact) mass is 471 g/mol. The summed E-state index contributed by atoms with van der Waals surface area (Å²) in [4.78, 5) is 39.6. The number of aryl methyl sites for hydroxylation is 1. The van der Waals surface area contributed by atoms with E-state index in [4.69, 9.17) is 4.74 Å². The van der Waals surface area contributed by atoms with Gasteiger partial charge in [0.15, 0.2) is 0 Å². The number of nitrogens with zero attached hydrogens (tertiary/aromatic N) is 4. The van der Waals surface area contributed by atoms with Crippen LogP contribution >= 0.6 is 11.3 Å². The third kappa shape index (κ3) is 4.15. The summed E-state index contributed by atoms with van der Waals surface area (Å²) in [5.74, 6) is -2.14. The highest BCUT2D eigenvalue weighted by Gasteiger charge is 2.64. The molecule has 3 aromatic rings. The van der Waals surface area contributed by atoms with Gasteiger partial charge in [-0.05, 0) is 31.5 Å². The molecule has 8 nitrogen and oxygen atoms in total. The number of ether oxygens (including phenoxy) is 1. The number of carbonyl (C=O) groups excluding carboxylic acids is 2. The molecule has 33 heavy (non-hydrogen) atoms. The van der Waals surface area contributed by atoms with Crippen LogP contribution in [0.25, 0.3) is 10.6 Å². The van der Waals surface area contributed by atoms with Crippen molar-refractivity contribution in [3.63, 3.8) is 0 Å². The van der Waals surface area contributed by atoms with E-state index in [2.05, 4.69) is 20.3 Å². The predicted molar refractivity (Wildman–Crippen MR) is 116 cm³/mol. The number of nitrogens with one attached hydrogen (secondary N) is 1. The van der Waals surface area contributed by atoms with Crippen molar-refractivity contribution in [2.24, 2.45) is 5.41 Å². The molecule has 0 radical (unpaired) electrons. The molecular formula is C22H19F2N5O3S. The lowest BCUT2D eigenvalue weighted by molar-refractivity contribution is -0.176. The average molecular weight is 471 g/mol. The topological polar surface area (TPSA) is 97.3 Å². The van der Waals surface area contributed by atoms with Gasteiger partial charge in [0, 0.05) is 37.8 Å². The van der Waals surface area contributed by atoms with Gasteiger partial charge in [-0.25, -0.2) is 23.5 Å². The number of carbonyl (C=O) groups is 2. The molecule has 1 spiro atoms. The van der Waals surface area contributed by atoms with Gasteiger partial charge in [-0.15, -0.1) is 11.3 Å². The highest BCUT2D eigenvalue weighted by molar-refractivity contribution is 7.15. The van der Waals surface area contributed by atoms with E-state index in [-0.39, 0.29) is 18.8 Å². The summed E-state index contributed by atoms with van der Waals surface area (Å²) >= 11 is 1.53. The van der Waals surface area contributed by atoms with E-state index < -0.39 is 36.1 Å². The second-order valence-corrected chi connectivity index (χ2v) is 9.46. The van der Waals surface area contributed by atoms with Gasteiger partial charge in [-0.1, -0.05) is 0 Å². The number of anilines is 1. The number of hydrogen-bond donors (Lipinski definition) is 1. The lowest BCUT2D eigenvalue weighted by atomic mass is 9.65. The zero-order chi connectivity index (χ0) is 23.2. The van der Waals surface area contributed by atoms with Gasteiger partial charge >= 0.3 is 6.03 Å². The summed E-state index contributed by atoms with van der Waals surface area (Å²) in [5, 5.41) is 3.48. The van der Waals surface area contributed by atoms with Crippen LogP contribution in [0.2, 0.25) is 0 Å². The highest BCUT2D eigenvalue weighted by atomic mass is 32.1. The Bertz CT molecular complexity index is 1220. The molecule has 1 N–H and O–H groups in total. The number of thiazole rings is 1. The minimum Gasteiger partial charge on any atom is -0.456 e. The van der Waals surface area contributed by atoms with E-state index in [1.807, 2.05) is 6.92 Å². The lowest BCUT2D eigenvalue weighted by Gasteiger charge is -2.42. The number of halogens is 2. The van der Waals surface area contributed by atoms with Gasteiger partial charge in [0.2, 0.25) is 11.8 Å². The maximum Gasteiger partial charge on any atom is 0.329 e. The van der Waals surface area contributed by atoms with Gasteiger partial charge in [-0.3, -0.25) is 20.0 Å². The second-order valence-electron chi connectivity index (χ2n) is 8.23. The van der Waals surface area contributed by atoms with Gasteiger partial charge in [-0.2, -0.15) is 0 Å². The van der Waals surface area contributed by atoms with Gasteiger partial charge in [0.25, 0.3) is 0 Å². The highest BCUT2D eigenvalue weighted by Crippen LogP contribution is 2.57. The Balaban J connectivity index is 1.21. The molecule has 2 fully saturated rings. The van der Waals surface area contributed by atoms with E-state index >= 15 is 0 Å². The van der Waals surface area contributed by atoms with Crippen molar-refractivity contribution in [1.29, 1.82) is 0 Å². The fourth-order valence-corrected chi connectivity index (χ4v) is 4.94. The molecule has 2 aliphatic rings. The molecule has 3 aromatic heterocycles. The summed E-state index contributed by atoms with van der Waals surface area (Å²) in [6.07, 6.45) is 4.10. The molecule has 0 unspecified atom stereocenters. The Morgan fingerprint density at radius 2 is 1.97 bits per heavy atom. The molecule has 5 rings (SSSR count). The van der Waals surface area contributed by atoms with E-state index in [0.717, 1.165) is 20.5 Å². The van der Waals surface area contributed by atoms with Crippen LogP contribution in [0.5, 0.6) is 11.5 Å². The fraction of sp³-hybridized carbons (Fsp3) is 0.318. The van der Waals surface area contributed by atoms with Crippen LogP contribution in [-0.2, 0) is 4.79 Å². The number of pyridine rings is 2. The van der Waals surface area contributed by atoms with Crippen LogP contribution in [-0.4, -0.2) is 44.3 Å². The smallest absolute Gasteiger partial charge is 0.329 e. The first-order valence-electron chi connectivity index (χ1n) is 10.3. The van der Waals surface area contributed by atoms with Crippen LogP contribution in [0.15, 0.2) is 42.9 Å². The number of alkyl halides is 2. The minimum absolute atomic E-state index is 0.117. The van der Waals surface area contributed by atoms with Crippen molar-refractivity contribution < 1.29 is 23.1 Å². The molecule has 0 aromatic carbocycles. The Hall–Kier alpha value is -3.47. The van der Waals surface area contributed by atoms with E-state index in [1.54, 1.807) is 30.6 Å². The molecule has 0 atom stereocenters. The molecule has 1 saturated heterocycles. The number of urea groups is 1. The number of amides is 3. The van der Waals surface area contributed by atoms with Crippen molar-refractivity contribution in [1.82, 2.24) is 19.9 Å². The van der Waals surface area contributed by atoms with E-state index in [1.165, 1.54) is 23.6 Å². The van der Waals surface area contributed by atoms with Crippen molar-refractivity contribution in [3.8, 4) is 22.1 Å². The quantitative estimate of drug-likeness (QED) is 0.583. The van der Waals surface area contributed by atoms with Crippen molar-refractivity contribution in [2.45, 2.75) is 32.1 Å². The van der Waals surface area contributed by atoms with E-state index in [0.29, 0.717) is 11.5 Å². The van der Waals surface area contributed by atoms with Crippen LogP contribution in [0.4, 0.5) is 19.4 Å². The average Bonchev–Trinajstić information content (AvgIpc) is 3.33.